The van der Waals surface area contributed by atoms with Gasteiger partial charge in [-0.25, -0.2) is 0 Å². The zero-order valence-electron chi connectivity index (χ0n) is 4.18. The first kappa shape index (κ1) is 6.97. The third-order valence-corrected chi connectivity index (χ3v) is 1.38. The van der Waals surface area contributed by atoms with Crippen LogP contribution >= 0.6 is 0 Å². The van der Waals surface area contributed by atoms with Gasteiger partial charge in [-0.05, 0) is 0 Å². The van der Waals surface area contributed by atoms with Gasteiger partial charge in [0.2, 0.25) is 0 Å². The maximum atomic E-state index is 9.70. The zero-order valence-corrected chi connectivity index (χ0v) is 8.37. The van der Waals surface area contributed by atoms with E-state index < -0.39 is 5.97 Å². The number of rotatable bonds is 3. The van der Waals surface area contributed by atoms with E-state index in [1.54, 1.807) is 0 Å². The van der Waals surface area contributed by atoms with Crippen molar-refractivity contribution >= 4 is 22.8 Å². The number of carboxylic acids is 1. The summed E-state index contributed by atoms with van der Waals surface area (Å²) in [5.41, 5.74) is 0. The van der Waals surface area contributed by atoms with Crippen LogP contribution in [0.3, 0.4) is 0 Å². The first-order valence-corrected chi connectivity index (χ1v) is 3.69. The molecular formula is C3H8GeO3. The van der Waals surface area contributed by atoms with Crippen LogP contribution < -0.4 is 0 Å². The van der Waals surface area contributed by atoms with E-state index >= 15 is 0 Å². The summed E-state index contributed by atoms with van der Waals surface area (Å²) in [6, 6.07) is 0. The van der Waals surface area contributed by atoms with Gasteiger partial charge in [-0.1, -0.05) is 0 Å². The van der Waals surface area contributed by atoms with Crippen molar-refractivity contribution in [1.82, 2.24) is 0 Å². The van der Waals surface area contributed by atoms with Crippen molar-refractivity contribution in [3.05, 3.63) is 0 Å². The van der Waals surface area contributed by atoms with E-state index in [-0.39, 0.29) is 6.42 Å². The quantitative estimate of drug-likeness (QED) is 0.531. The van der Waals surface area contributed by atoms with Gasteiger partial charge in [0, 0.05) is 0 Å². The number of hydrogen-bond donors (Lipinski definition) is 1. The molecule has 0 rings (SSSR count). The second kappa shape index (κ2) is 4.14. The van der Waals surface area contributed by atoms with Gasteiger partial charge < -0.3 is 0 Å². The average molecular weight is 165 g/mol. The molecule has 1 N–H and O–H groups in total. The molecule has 0 fully saturated rings. The molecule has 0 aromatic heterocycles. The predicted molar refractivity (Wildman–Crippen MR) is 28.1 cm³/mol. The second-order valence-corrected chi connectivity index (χ2v) is 2.35. The van der Waals surface area contributed by atoms with Gasteiger partial charge in [-0.15, -0.1) is 0 Å². The fraction of sp³-hybridized carbons (Fsp3) is 0.667. The predicted octanol–water partition coefficient (Wildman–Crippen LogP) is -1.24. The molecule has 4 heteroatoms. The summed E-state index contributed by atoms with van der Waals surface area (Å²) in [7, 11) is 0. The van der Waals surface area contributed by atoms with Gasteiger partial charge in [-0.2, -0.15) is 0 Å². The summed E-state index contributed by atoms with van der Waals surface area (Å²) in [5, 5.41) is 7.99. The molecule has 3 nitrogen and oxygen atoms in total. The van der Waals surface area contributed by atoms with Gasteiger partial charge in [0.05, 0.1) is 0 Å². The molecule has 0 aromatic rings. The summed E-state index contributed by atoms with van der Waals surface area (Å²) >= 11 is 0.336. The Morgan fingerprint density at radius 2 is 2.43 bits per heavy atom. The van der Waals surface area contributed by atoms with E-state index in [1.807, 2.05) is 0 Å². The summed E-state index contributed by atoms with van der Waals surface area (Å²) in [6.07, 6.45) is 0.141. The summed E-state index contributed by atoms with van der Waals surface area (Å²) in [6.45, 7) is 0.384. The third-order valence-electron chi connectivity index (χ3n) is 0.520. The Morgan fingerprint density at radius 3 is 2.57 bits per heavy atom. The number of carboxylic acid groups (broad SMARTS) is 1. The van der Waals surface area contributed by atoms with Crippen LogP contribution in [0.5, 0.6) is 0 Å². The van der Waals surface area contributed by atoms with Gasteiger partial charge in [0.25, 0.3) is 0 Å². The molecule has 0 spiro atoms. The minimum absolute atomic E-state index is 0.141. The van der Waals surface area contributed by atoms with Crippen LogP contribution in [0.15, 0.2) is 0 Å². The van der Waals surface area contributed by atoms with Crippen LogP contribution in [0.25, 0.3) is 0 Å². The molecule has 0 aliphatic carbocycles. The third kappa shape index (κ3) is 5.97. The molecule has 0 atom stereocenters. The Kier molecular flexibility index (Phi) is 4.12. The molecular weight excluding hydrogens is 157 g/mol. The molecule has 0 aromatic carbocycles. The molecule has 0 saturated carbocycles. The Morgan fingerprint density at radius 1 is 1.86 bits per heavy atom. The second-order valence-electron chi connectivity index (χ2n) is 1.14. The molecule has 0 unspecified atom stereocenters. The fourth-order valence-corrected chi connectivity index (χ4v) is 0.618. The SMILES string of the molecule is O=C(O)CC[O][GeH3]. The Bertz CT molecular complexity index is 63.2. The molecule has 42 valence electrons. The van der Waals surface area contributed by atoms with E-state index in [9.17, 15) is 4.79 Å². The molecule has 0 aliphatic heterocycles. The normalized spacial score (nSPS) is 9.14. The Hall–Kier alpha value is -0.0271. The van der Waals surface area contributed by atoms with Gasteiger partial charge in [0.1, 0.15) is 0 Å². The Labute approximate surface area is 50.2 Å². The monoisotopic (exact) mass is 166 g/mol. The molecule has 0 saturated heterocycles. The standard InChI is InChI=1S/C3H8GeO3/c4-7-2-1-3(5)6/h1-2H2,4H3,(H,5,6). The van der Waals surface area contributed by atoms with E-state index in [4.69, 9.17) is 5.11 Å². The van der Waals surface area contributed by atoms with Crippen molar-refractivity contribution in [1.29, 1.82) is 0 Å². The van der Waals surface area contributed by atoms with Crippen molar-refractivity contribution in [3.63, 3.8) is 0 Å². The van der Waals surface area contributed by atoms with Crippen molar-refractivity contribution in [2.24, 2.45) is 0 Å². The van der Waals surface area contributed by atoms with Crippen LogP contribution in [0.1, 0.15) is 6.42 Å². The summed E-state index contributed by atoms with van der Waals surface area (Å²) in [5.74, 6) is -0.788. The summed E-state index contributed by atoms with van der Waals surface area (Å²) < 4.78 is 4.66. The van der Waals surface area contributed by atoms with Crippen LogP contribution in [0.4, 0.5) is 0 Å². The summed E-state index contributed by atoms with van der Waals surface area (Å²) in [4.78, 5) is 9.70. The molecule has 0 aliphatic rings. The maximum absolute atomic E-state index is 9.70. The van der Waals surface area contributed by atoms with E-state index in [2.05, 4.69) is 3.76 Å². The number of aliphatic carboxylic acids is 1. The van der Waals surface area contributed by atoms with Crippen molar-refractivity contribution in [2.45, 2.75) is 6.42 Å². The number of hydrogen-bond acceptors (Lipinski definition) is 2. The molecule has 7 heavy (non-hydrogen) atoms. The van der Waals surface area contributed by atoms with Crippen molar-refractivity contribution in [3.8, 4) is 0 Å². The van der Waals surface area contributed by atoms with Crippen molar-refractivity contribution < 1.29 is 13.7 Å². The fourth-order valence-electron chi connectivity index (χ4n) is 0.189. The van der Waals surface area contributed by atoms with E-state index in [1.165, 1.54) is 0 Å². The first-order valence-electron chi connectivity index (χ1n) is 1.98. The Balaban J connectivity index is 2.82. The van der Waals surface area contributed by atoms with Crippen LogP contribution in [0, 0.1) is 0 Å². The average Bonchev–Trinajstić information content (AvgIpc) is 1.61. The topological polar surface area (TPSA) is 46.5 Å². The first-order chi connectivity index (χ1) is 3.27. The minimum atomic E-state index is -0.788. The van der Waals surface area contributed by atoms with Crippen molar-refractivity contribution in [2.75, 3.05) is 6.61 Å². The van der Waals surface area contributed by atoms with Crippen LogP contribution in [-0.2, 0) is 8.56 Å². The number of carbonyl (C=O) groups is 1. The zero-order chi connectivity index (χ0) is 5.70. The molecule has 0 radical (unpaired) electrons. The van der Waals surface area contributed by atoms with Gasteiger partial charge in [0.15, 0.2) is 0 Å². The van der Waals surface area contributed by atoms with Crippen LogP contribution in [0.2, 0.25) is 0 Å². The molecule has 0 heterocycles. The van der Waals surface area contributed by atoms with Crippen LogP contribution in [-0.4, -0.2) is 34.5 Å². The molecule has 0 amide bonds. The van der Waals surface area contributed by atoms with E-state index in [0.717, 1.165) is 0 Å². The van der Waals surface area contributed by atoms with Gasteiger partial charge >= 0.3 is 49.5 Å². The van der Waals surface area contributed by atoms with Gasteiger partial charge in [-0.3, -0.25) is 0 Å². The van der Waals surface area contributed by atoms with E-state index in [0.29, 0.717) is 23.5 Å². The molecule has 0 bridgehead atoms.